The lowest BCUT2D eigenvalue weighted by molar-refractivity contribution is 0.130. The van der Waals surface area contributed by atoms with Gasteiger partial charge in [-0.25, -0.2) is 4.79 Å². The lowest BCUT2D eigenvalue weighted by atomic mass is 10.0. The molecule has 0 unspecified atom stereocenters. The molecular formula is C8H14N2O2. The number of ether oxygens (including phenoxy) is 1. The molecule has 12 heavy (non-hydrogen) atoms. The number of amides is 1. The molecule has 0 aliphatic carbocycles. The Morgan fingerprint density at radius 3 is 2.50 bits per heavy atom. The van der Waals surface area contributed by atoms with Crippen LogP contribution in [0.1, 0.15) is 0 Å². The van der Waals surface area contributed by atoms with Gasteiger partial charge in [0, 0.05) is 26.2 Å². The molecule has 0 spiro atoms. The van der Waals surface area contributed by atoms with E-state index in [-0.39, 0.29) is 6.09 Å². The molecule has 2 saturated heterocycles. The fourth-order valence-corrected chi connectivity index (χ4v) is 2.13. The van der Waals surface area contributed by atoms with E-state index in [9.17, 15) is 4.79 Å². The van der Waals surface area contributed by atoms with Gasteiger partial charge >= 0.3 is 6.09 Å². The summed E-state index contributed by atoms with van der Waals surface area (Å²) in [5, 5.41) is 3.32. The summed E-state index contributed by atoms with van der Waals surface area (Å²) >= 11 is 0. The molecule has 0 radical (unpaired) electrons. The van der Waals surface area contributed by atoms with Crippen molar-refractivity contribution in [1.82, 2.24) is 10.2 Å². The van der Waals surface area contributed by atoms with Crippen LogP contribution in [0.4, 0.5) is 4.79 Å². The topological polar surface area (TPSA) is 41.6 Å². The predicted molar refractivity (Wildman–Crippen MR) is 43.8 cm³/mol. The standard InChI is InChI=1S/C8H14N2O2/c1-12-8(11)10-4-6-2-9-3-7(6)5-10/h6-7,9H,2-5H2,1H3/t6-,7-/m0/s1. The van der Waals surface area contributed by atoms with Gasteiger partial charge in [-0.15, -0.1) is 0 Å². The molecule has 0 saturated carbocycles. The van der Waals surface area contributed by atoms with E-state index in [1.807, 2.05) is 0 Å². The number of nitrogens with one attached hydrogen (secondary N) is 1. The van der Waals surface area contributed by atoms with Gasteiger partial charge in [0.1, 0.15) is 0 Å². The monoisotopic (exact) mass is 170 g/mol. The van der Waals surface area contributed by atoms with Crippen molar-refractivity contribution in [2.75, 3.05) is 33.3 Å². The van der Waals surface area contributed by atoms with Crippen molar-refractivity contribution in [1.29, 1.82) is 0 Å². The van der Waals surface area contributed by atoms with Crippen LogP contribution in [0.3, 0.4) is 0 Å². The highest BCUT2D eigenvalue weighted by atomic mass is 16.5. The Kier molecular flexibility index (Phi) is 1.92. The van der Waals surface area contributed by atoms with Gasteiger partial charge in [0.2, 0.25) is 0 Å². The molecule has 2 fully saturated rings. The van der Waals surface area contributed by atoms with Crippen LogP contribution < -0.4 is 5.32 Å². The van der Waals surface area contributed by atoms with Gasteiger partial charge in [0.25, 0.3) is 0 Å². The smallest absolute Gasteiger partial charge is 0.409 e. The third kappa shape index (κ3) is 1.16. The number of hydrogen-bond donors (Lipinski definition) is 1. The lowest BCUT2D eigenvalue weighted by Gasteiger charge is -2.14. The molecule has 4 nitrogen and oxygen atoms in total. The second-order valence-electron chi connectivity index (χ2n) is 3.55. The Labute approximate surface area is 71.9 Å². The fourth-order valence-electron chi connectivity index (χ4n) is 2.13. The van der Waals surface area contributed by atoms with Crippen LogP contribution >= 0.6 is 0 Å². The largest absolute Gasteiger partial charge is 0.453 e. The molecule has 2 aliphatic rings. The number of nitrogens with zero attached hydrogens (tertiary/aromatic N) is 1. The van der Waals surface area contributed by atoms with Gasteiger partial charge in [0.05, 0.1) is 7.11 Å². The zero-order valence-corrected chi connectivity index (χ0v) is 7.25. The highest BCUT2D eigenvalue weighted by molar-refractivity contribution is 5.67. The molecule has 4 heteroatoms. The van der Waals surface area contributed by atoms with Crippen molar-refractivity contribution in [3.63, 3.8) is 0 Å². The summed E-state index contributed by atoms with van der Waals surface area (Å²) in [7, 11) is 1.44. The van der Waals surface area contributed by atoms with Crippen LogP contribution in [0.2, 0.25) is 0 Å². The number of methoxy groups -OCH3 is 1. The van der Waals surface area contributed by atoms with Crippen molar-refractivity contribution in [3.05, 3.63) is 0 Å². The first-order chi connectivity index (χ1) is 5.81. The van der Waals surface area contributed by atoms with Crippen molar-refractivity contribution in [2.24, 2.45) is 11.8 Å². The van der Waals surface area contributed by atoms with E-state index in [0.29, 0.717) is 11.8 Å². The zero-order chi connectivity index (χ0) is 8.55. The fraction of sp³-hybridized carbons (Fsp3) is 0.875. The summed E-state index contributed by atoms with van der Waals surface area (Å²) in [5.74, 6) is 1.31. The van der Waals surface area contributed by atoms with Crippen LogP contribution in [-0.2, 0) is 4.74 Å². The molecule has 2 heterocycles. The normalized spacial score (nSPS) is 33.6. The van der Waals surface area contributed by atoms with Crippen LogP contribution in [-0.4, -0.2) is 44.3 Å². The predicted octanol–water partition coefficient (Wildman–Crippen LogP) is -0.0960. The molecule has 1 amide bonds. The van der Waals surface area contributed by atoms with Crippen LogP contribution in [0.5, 0.6) is 0 Å². The number of carbonyl (C=O) groups is 1. The second-order valence-corrected chi connectivity index (χ2v) is 3.55. The minimum Gasteiger partial charge on any atom is -0.453 e. The van der Waals surface area contributed by atoms with Gasteiger partial charge in [-0.2, -0.15) is 0 Å². The highest BCUT2D eigenvalue weighted by Crippen LogP contribution is 2.26. The molecule has 0 aromatic carbocycles. The van der Waals surface area contributed by atoms with E-state index in [4.69, 9.17) is 0 Å². The average Bonchev–Trinajstić information content (AvgIpc) is 2.60. The molecular weight excluding hydrogens is 156 g/mol. The van der Waals surface area contributed by atoms with Gasteiger partial charge in [-0.1, -0.05) is 0 Å². The summed E-state index contributed by atoms with van der Waals surface area (Å²) < 4.78 is 4.67. The van der Waals surface area contributed by atoms with E-state index in [0.717, 1.165) is 26.2 Å². The highest BCUT2D eigenvalue weighted by Gasteiger charge is 2.38. The molecule has 0 aromatic heterocycles. The summed E-state index contributed by atoms with van der Waals surface area (Å²) in [4.78, 5) is 12.9. The van der Waals surface area contributed by atoms with Crippen molar-refractivity contribution in [3.8, 4) is 0 Å². The van der Waals surface area contributed by atoms with Crippen molar-refractivity contribution in [2.45, 2.75) is 0 Å². The van der Waals surface area contributed by atoms with Crippen molar-refractivity contribution >= 4 is 6.09 Å². The minimum absolute atomic E-state index is 0.176. The van der Waals surface area contributed by atoms with Gasteiger partial charge in [0.15, 0.2) is 0 Å². The number of hydrogen-bond acceptors (Lipinski definition) is 3. The van der Waals surface area contributed by atoms with Crippen LogP contribution in [0.25, 0.3) is 0 Å². The Hall–Kier alpha value is -0.770. The Morgan fingerprint density at radius 2 is 2.00 bits per heavy atom. The molecule has 0 aromatic rings. The van der Waals surface area contributed by atoms with Crippen LogP contribution in [0, 0.1) is 11.8 Å². The first-order valence-corrected chi connectivity index (χ1v) is 4.35. The number of fused-ring (bicyclic) bond motifs is 1. The maximum Gasteiger partial charge on any atom is 0.409 e. The number of likely N-dealkylation sites (tertiary alicyclic amines) is 1. The quantitative estimate of drug-likeness (QED) is 0.552. The molecule has 68 valence electrons. The summed E-state index contributed by atoms with van der Waals surface area (Å²) in [5.41, 5.74) is 0. The van der Waals surface area contributed by atoms with Gasteiger partial charge < -0.3 is 15.0 Å². The second kappa shape index (κ2) is 2.94. The zero-order valence-electron chi connectivity index (χ0n) is 7.25. The average molecular weight is 170 g/mol. The number of carbonyl (C=O) groups excluding carboxylic acids is 1. The Morgan fingerprint density at radius 1 is 1.42 bits per heavy atom. The Bertz CT molecular complexity index is 183. The molecule has 1 N–H and O–H groups in total. The molecule has 2 rings (SSSR count). The van der Waals surface area contributed by atoms with E-state index in [2.05, 4.69) is 10.1 Å². The number of rotatable bonds is 0. The van der Waals surface area contributed by atoms with E-state index in [1.54, 1.807) is 4.90 Å². The lowest BCUT2D eigenvalue weighted by Crippen LogP contribution is -2.31. The maximum absolute atomic E-state index is 11.1. The molecule has 2 atom stereocenters. The summed E-state index contributed by atoms with van der Waals surface area (Å²) in [6.45, 7) is 3.84. The first kappa shape index (κ1) is 7.86. The third-order valence-electron chi connectivity index (χ3n) is 2.82. The van der Waals surface area contributed by atoms with E-state index >= 15 is 0 Å². The van der Waals surface area contributed by atoms with Crippen molar-refractivity contribution < 1.29 is 9.53 Å². The third-order valence-corrected chi connectivity index (χ3v) is 2.82. The first-order valence-electron chi connectivity index (χ1n) is 4.35. The maximum atomic E-state index is 11.1. The van der Waals surface area contributed by atoms with E-state index in [1.165, 1.54) is 7.11 Å². The Balaban J connectivity index is 1.94. The SMILES string of the molecule is COC(=O)N1C[C@@H]2CNC[C@H]2C1. The molecule has 2 aliphatic heterocycles. The summed E-state index contributed by atoms with van der Waals surface area (Å²) in [6, 6.07) is 0. The van der Waals surface area contributed by atoms with Crippen LogP contribution in [0.15, 0.2) is 0 Å². The van der Waals surface area contributed by atoms with Gasteiger partial charge in [-0.05, 0) is 11.8 Å². The molecule has 0 bridgehead atoms. The minimum atomic E-state index is -0.176. The van der Waals surface area contributed by atoms with Gasteiger partial charge in [-0.3, -0.25) is 0 Å². The van der Waals surface area contributed by atoms with E-state index < -0.39 is 0 Å². The summed E-state index contributed by atoms with van der Waals surface area (Å²) in [6.07, 6.45) is -0.176.